The van der Waals surface area contributed by atoms with Crippen molar-refractivity contribution in [2.24, 2.45) is 0 Å². The second-order valence-corrected chi connectivity index (χ2v) is 7.00. The van der Waals surface area contributed by atoms with Crippen molar-refractivity contribution in [3.8, 4) is 0 Å². The van der Waals surface area contributed by atoms with E-state index in [1.807, 2.05) is 35.2 Å². The highest BCUT2D eigenvalue weighted by atomic mass is 32.2. The molecular weight excluding hydrogens is 306 g/mol. The van der Waals surface area contributed by atoms with Crippen LogP contribution in [0, 0.1) is 0 Å². The number of thioether (sulfide) groups is 1. The van der Waals surface area contributed by atoms with Gasteiger partial charge in [0.2, 0.25) is 0 Å². The van der Waals surface area contributed by atoms with Gasteiger partial charge in [-0.15, -0.1) is 0 Å². The molecule has 1 aliphatic heterocycles. The number of nitrogens with zero attached hydrogens (tertiary/aromatic N) is 1. The Morgan fingerprint density at radius 1 is 1.48 bits per heavy atom. The summed E-state index contributed by atoms with van der Waals surface area (Å²) in [4.78, 5) is 12.7. The minimum Gasteiger partial charge on any atom is -0.466 e. The van der Waals surface area contributed by atoms with E-state index in [1.54, 1.807) is 6.92 Å². The van der Waals surface area contributed by atoms with E-state index in [1.165, 1.54) is 18.7 Å². The predicted octanol–water partition coefficient (Wildman–Crippen LogP) is 2.55. The maximum absolute atomic E-state index is 10.8. The van der Waals surface area contributed by atoms with Crippen molar-refractivity contribution in [3.05, 3.63) is 35.9 Å². The van der Waals surface area contributed by atoms with Gasteiger partial charge in [-0.25, -0.2) is 0 Å². The van der Waals surface area contributed by atoms with Crippen LogP contribution < -0.4 is 0 Å². The molecule has 1 fully saturated rings. The van der Waals surface area contributed by atoms with Gasteiger partial charge in [0.05, 0.1) is 11.9 Å². The topological polar surface area (TPSA) is 49.8 Å². The van der Waals surface area contributed by atoms with Crippen LogP contribution in [0.3, 0.4) is 0 Å². The lowest BCUT2D eigenvalue weighted by atomic mass is 10.1. The molecule has 1 aliphatic rings. The molecule has 1 heterocycles. The summed E-state index contributed by atoms with van der Waals surface area (Å²) in [7, 11) is 0. The average molecular weight is 325 g/mol. The van der Waals surface area contributed by atoms with Gasteiger partial charge in [0.15, 0.2) is 0 Å². The van der Waals surface area contributed by atoms with Gasteiger partial charge >= 0.3 is 5.97 Å². The number of hydrogen-bond donors (Lipinski definition) is 1. The highest BCUT2D eigenvalue weighted by Gasteiger charge is 2.46. The molecule has 2 unspecified atom stereocenters. The SMILES string of the molecule is CC(=O)OCCC1SC(=S)N(Cc2ccccc2)C1(C)O. The number of carbonyl (C=O) groups excluding carboxylic acids is 1. The van der Waals surface area contributed by atoms with Crippen molar-refractivity contribution in [2.45, 2.75) is 37.8 Å². The van der Waals surface area contributed by atoms with Crippen molar-refractivity contribution in [1.82, 2.24) is 4.90 Å². The quantitative estimate of drug-likeness (QED) is 0.663. The fourth-order valence-corrected chi connectivity index (χ4v) is 4.07. The number of ether oxygens (including phenoxy) is 1. The molecule has 0 aromatic heterocycles. The first kappa shape index (κ1) is 16.3. The molecule has 1 aromatic rings. The van der Waals surface area contributed by atoms with Crippen LogP contribution in [-0.2, 0) is 16.1 Å². The minimum absolute atomic E-state index is 0.104. The Morgan fingerprint density at radius 3 is 2.76 bits per heavy atom. The number of esters is 1. The van der Waals surface area contributed by atoms with E-state index in [2.05, 4.69) is 0 Å². The van der Waals surface area contributed by atoms with Crippen LogP contribution in [0.1, 0.15) is 25.8 Å². The van der Waals surface area contributed by atoms with Crippen LogP contribution in [0.25, 0.3) is 0 Å². The maximum atomic E-state index is 10.8. The molecular formula is C15H19NO3S2. The van der Waals surface area contributed by atoms with Crippen LogP contribution >= 0.6 is 24.0 Å². The zero-order valence-electron chi connectivity index (χ0n) is 12.1. The lowest BCUT2D eigenvalue weighted by molar-refractivity contribution is -0.141. The van der Waals surface area contributed by atoms with Gasteiger partial charge in [-0.1, -0.05) is 54.3 Å². The smallest absolute Gasteiger partial charge is 0.302 e. The van der Waals surface area contributed by atoms with E-state index in [0.29, 0.717) is 23.9 Å². The summed E-state index contributed by atoms with van der Waals surface area (Å²) in [6.45, 7) is 4.02. The Balaban J connectivity index is 2.02. The Hall–Kier alpha value is -1.11. The summed E-state index contributed by atoms with van der Waals surface area (Å²) in [5.41, 5.74) is 0.0546. The minimum atomic E-state index is -1.04. The lowest BCUT2D eigenvalue weighted by Gasteiger charge is -2.34. The molecule has 1 N–H and O–H groups in total. The van der Waals surface area contributed by atoms with Crippen molar-refractivity contribution in [1.29, 1.82) is 0 Å². The summed E-state index contributed by atoms with van der Waals surface area (Å²) < 4.78 is 5.64. The van der Waals surface area contributed by atoms with Crippen molar-refractivity contribution >= 4 is 34.3 Å². The molecule has 4 nitrogen and oxygen atoms in total. The third-order valence-corrected chi connectivity index (χ3v) is 5.39. The van der Waals surface area contributed by atoms with Crippen LogP contribution in [0.2, 0.25) is 0 Å². The molecule has 2 rings (SSSR count). The van der Waals surface area contributed by atoms with E-state index in [9.17, 15) is 9.90 Å². The fraction of sp³-hybridized carbons (Fsp3) is 0.467. The molecule has 0 amide bonds. The van der Waals surface area contributed by atoms with Crippen molar-refractivity contribution in [3.63, 3.8) is 0 Å². The number of hydrogen-bond acceptors (Lipinski definition) is 5. The first-order valence-electron chi connectivity index (χ1n) is 6.79. The van der Waals surface area contributed by atoms with Crippen LogP contribution in [0.15, 0.2) is 30.3 Å². The van der Waals surface area contributed by atoms with E-state index in [-0.39, 0.29) is 11.2 Å². The third-order valence-electron chi connectivity index (χ3n) is 3.49. The summed E-state index contributed by atoms with van der Waals surface area (Å²) in [6.07, 6.45) is 0.572. The van der Waals surface area contributed by atoms with Gasteiger partial charge in [0.1, 0.15) is 10.0 Å². The molecule has 0 saturated carbocycles. The number of rotatable bonds is 5. The zero-order valence-corrected chi connectivity index (χ0v) is 13.7. The van der Waals surface area contributed by atoms with E-state index in [0.717, 1.165) is 5.56 Å². The Morgan fingerprint density at radius 2 is 2.14 bits per heavy atom. The lowest BCUT2D eigenvalue weighted by Crippen LogP contribution is -2.48. The molecule has 0 aliphatic carbocycles. The Labute approximate surface area is 134 Å². The largest absolute Gasteiger partial charge is 0.466 e. The predicted molar refractivity (Wildman–Crippen MR) is 87.8 cm³/mol. The maximum Gasteiger partial charge on any atom is 0.302 e. The van der Waals surface area contributed by atoms with E-state index >= 15 is 0 Å². The standard InChI is InChI=1S/C15H19NO3S2/c1-11(17)19-9-8-13-15(2,18)16(14(20)21-13)10-12-6-4-3-5-7-12/h3-7,13,18H,8-10H2,1-2H3. The molecule has 0 bridgehead atoms. The monoisotopic (exact) mass is 325 g/mol. The second kappa shape index (κ2) is 6.77. The van der Waals surface area contributed by atoms with Crippen LogP contribution in [-0.4, -0.2) is 37.9 Å². The normalized spacial score (nSPS) is 25.2. The highest BCUT2D eigenvalue weighted by Crippen LogP contribution is 2.41. The molecule has 0 radical (unpaired) electrons. The van der Waals surface area contributed by atoms with Crippen molar-refractivity contribution < 1.29 is 14.6 Å². The second-order valence-electron chi connectivity index (χ2n) is 5.17. The number of benzene rings is 1. The number of carbonyl (C=O) groups is 1. The van der Waals surface area contributed by atoms with Gasteiger partial charge in [-0.05, 0) is 18.9 Å². The molecule has 2 atom stereocenters. The summed E-state index contributed by atoms with van der Waals surface area (Å²) in [5, 5.41) is 10.7. The van der Waals surface area contributed by atoms with Gasteiger partial charge in [-0.3, -0.25) is 4.79 Å². The van der Waals surface area contributed by atoms with Crippen molar-refractivity contribution in [2.75, 3.05) is 6.61 Å². The molecule has 0 spiro atoms. The Kier molecular flexibility index (Phi) is 5.24. The first-order valence-corrected chi connectivity index (χ1v) is 8.08. The van der Waals surface area contributed by atoms with Gasteiger partial charge in [0, 0.05) is 13.5 Å². The highest BCUT2D eigenvalue weighted by molar-refractivity contribution is 8.23. The summed E-state index contributed by atoms with van der Waals surface area (Å²) in [5.74, 6) is -0.304. The molecule has 21 heavy (non-hydrogen) atoms. The molecule has 6 heteroatoms. The summed E-state index contributed by atoms with van der Waals surface area (Å²) >= 11 is 6.86. The number of thiocarbonyl (C=S) groups is 1. The summed E-state index contributed by atoms with van der Waals surface area (Å²) in [6, 6.07) is 9.91. The van der Waals surface area contributed by atoms with Gasteiger partial charge in [0.25, 0.3) is 0 Å². The first-order chi connectivity index (χ1) is 9.91. The van der Waals surface area contributed by atoms with E-state index in [4.69, 9.17) is 17.0 Å². The molecule has 114 valence electrons. The molecule has 1 aromatic carbocycles. The van der Waals surface area contributed by atoms with Crippen LogP contribution in [0.5, 0.6) is 0 Å². The average Bonchev–Trinajstić information content (AvgIpc) is 2.63. The fourth-order valence-electron chi connectivity index (χ4n) is 2.29. The Bertz CT molecular complexity index is 519. The molecule has 1 saturated heterocycles. The van der Waals surface area contributed by atoms with E-state index < -0.39 is 5.72 Å². The number of aliphatic hydroxyl groups is 1. The zero-order chi connectivity index (χ0) is 15.5. The van der Waals surface area contributed by atoms with Gasteiger partial charge < -0.3 is 14.7 Å². The van der Waals surface area contributed by atoms with Crippen LogP contribution in [0.4, 0.5) is 0 Å². The third kappa shape index (κ3) is 3.96. The van der Waals surface area contributed by atoms with Gasteiger partial charge in [-0.2, -0.15) is 0 Å².